The number of anilines is 1. The summed E-state index contributed by atoms with van der Waals surface area (Å²) in [4.78, 5) is 14.3. The van der Waals surface area contributed by atoms with E-state index < -0.39 is 0 Å². The third-order valence-corrected chi connectivity index (χ3v) is 3.37. The fraction of sp³-hybridized carbons (Fsp3) is 0.118. The van der Waals surface area contributed by atoms with E-state index in [9.17, 15) is 4.79 Å². The molecule has 1 amide bonds. The van der Waals surface area contributed by atoms with Crippen molar-refractivity contribution in [2.75, 3.05) is 11.9 Å². The van der Waals surface area contributed by atoms with E-state index in [1.807, 2.05) is 48.6 Å². The summed E-state index contributed by atoms with van der Waals surface area (Å²) < 4.78 is 5.28. The van der Waals surface area contributed by atoms with Gasteiger partial charge in [-0.25, -0.2) is 0 Å². The number of para-hydroxylation sites is 1. The quantitative estimate of drug-likeness (QED) is 0.873. The Kier molecular flexibility index (Phi) is 3.60. The topological polar surface area (TPSA) is 45.5 Å². The molecule has 3 rings (SSSR count). The van der Waals surface area contributed by atoms with Gasteiger partial charge in [-0.3, -0.25) is 4.79 Å². The molecule has 106 valence electrons. The number of hydrogen-bond acceptors (Lipinski definition) is 3. The van der Waals surface area contributed by atoms with E-state index >= 15 is 0 Å². The van der Waals surface area contributed by atoms with Crippen LogP contribution in [-0.2, 0) is 0 Å². The Morgan fingerprint density at radius 3 is 2.90 bits per heavy atom. The SMILES string of the molecule is C=CCN1C(=O)c2ccccc2N[C@@H]1/C=C/c1ccco1. The van der Waals surface area contributed by atoms with E-state index in [1.54, 1.807) is 17.2 Å². The highest BCUT2D eigenvalue weighted by molar-refractivity contribution is 6.02. The maximum Gasteiger partial charge on any atom is 0.258 e. The van der Waals surface area contributed by atoms with E-state index in [1.165, 1.54) is 0 Å². The molecule has 1 aliphatic heterocycles. The van der Waals surface area contributed by atoms with Crippen LogP contribution in [-0.4, -0.2) is 23.5 Å². The lowest BCUT2D eigenvalue weighted by atomic mass is 10.1. The zero-order valence-electron chi connectivity index (χ0n) is 11.5. The smallest absolute Gasteiger partial charge is 0.258 e. The third kappa shape index (κ3) is 2.60. The second-order valence-corrected chi connectivity index (χ2v) is 4.76. The van der Waals surface area contributed by atoms with Gasteiger partial charge in [-0.05, 0) is 36.4 Å². The molecule has 0 aliphatic carbocycles. The lowest BCUT2D eigenvalue weighted by Crippen LogP contribution is -2.47. The minimum Gasteiger partial charge on any atom is -0.465 e. The van der Waals surface area contributed by atoms with Crippen LogP contribution in [0.25, 0.3) is 6.08 Å². The minimum atomic E-state index is -0.226. The third-order valence-electron chi connectivity index (χ3n) is 3.37. The predicted molar refractivity (Wildman–Crippen MR) is 82.8 cm³/mol. The van der Waals surface area contributed by atoms with Crippen molar-refractivity contribution in [3.8, 4) is 0 Å². The second kappa shape index (κ2) is 5.71. The summed E-state index contributed by atoms with van der Waals surface area (Å²) in [5.74, 6) is 0.750. The van der Waals surface area contributed by atoms with Crippen LogP contribution in [0.5, 0.6) is 0 Å². The fourth-order valence-corrected chi connectivity index (χ4v) is 2.37. The molecular formula is C17H16N2O2. The Morgan fingerprint density at radius 2 is 2.14 bits per heavy atom. The Hall–Kier alpha value is -2.75. The lowest BCUT2D eigenvalue weighted by Gasteiger charge is -2.35. The highest BCUT2D eigenvalue weighted by atomic mass is 16.3. The number of hydrogen-bond donors (Lipinski definition) is 1. The molecule has 1 N–H and O–H groups in total. The van der Waals surface area contributed by atoms with Crippen LogP contribution in [0.2, 0.25) is 0 Å². The maximum absolute atomic E-state index is 12.6. The molecule has 21 heavy (non-hydrogen) atoms. The molecule has 2 heterocycles. The first-order chi connectivity index (χ1) is 10.3. The number of furan rings is 1. The van der Waals surface area contributed by atoms with E-state index in [0.29, 0.717) is 12.1 Å². The van der Waals surface area contributed by atoms with Crippen molar-refractivity contribution in [1.82, 2.24) is 4.90 Å². The molecule has 4 nitrogen and oxygen atoms in total. The summed E-state index contributed by atoms with van der Waals surface area (Å²) in [5.41, 5.74) is 1.53. The highest BCUT2D eigenvalue weighted by Gasteiger charge is 2.29. The van der Waals surface area contributed by atoms with Gasteiger partial charge in [-0.15, -0.1) is 6.58 Å². The minimum absolute atomic E-state index is 0.00153. The van der Waals surface area contributed by atoms with Crippen LogP contribution >= 0.6 is 0 Å². The monoisotopic (exact) mass is 280 g/mol. The molecule has 0 unspecified atom stereocenters. The molecule has 1 aromatic carbocycles. The highest BCUT2D eigenvalue weighted by Crippen LogP contribution is 2.25. The number of fused-ring (bicyclic) bond motifs is 1. The largest absolute Gasteiger partial charge is 0.465 e. The molecule has 4 heteroatoms. The summed E-state index contributed by atoms with van der Waals surface area (Å²) in [7, 11) is 0. The summed E-state index contributed by atoms with van der Waals surface area (Å²) in [6.45, 7) is 4.20. The molecule has 1 atom stereocenters. The van der Waals surface area contributed by atoms with Crippen molar-refractivity contribution in [3.63, 3.8) is 0 Å². The van der Waals surface area contributed by atoms with Gasteiger partial charge in [0.25, 0.3) is 5.91 Å². The lowest BCUT2D eigenvalue weighted by molar-refractivity contribution is 0.0739. The van der Waals surface area contributed by atoms with Crippen LogP contribution in [0.3, 0.4) is 0 Å². The van der Waals surface area contributed by atoms with Gasteiger partial charge < -0.3 is 14.6 Å². The van der Waals surface area contributed by atoms with Crippen LogP contribution < -0.4 is 5.32 Å². The first-order valence-electron chi connectivity index (χ1n) is 6.79. The van der Waals surface area contributed by atoms with E-state index in [0.717, 1.165) is 11.4 Å². The van der Waals surface area contributed by atoms with Gasteiger partial charge in [0.2, 0.25) is 0 Å². The Labute approximate surface area is 123 Å². The zero-order chi connectivity index (χ0) is 14.7. The zero-order valence-corrected chi connectivity index (χ0v) is 11.5. The molecule has 0 fully saturated rings. The van der Waals surface area contributed by atoms with E-state index in [2.05, 4.69) is 11.9 Å². The normalized spacial score (nSPS) is 17.6. The van der Waals surface area contributed by atoms with Crippen molar-refractivity contribution < 1.29 is 9.21 Å². The van der Waals surface area contributed by atoms with E-state index in [-0.39, 0.29) is 12.1 Å². The van der Waals surface area contributed by atoms with Crippen LogP contribution in [0, 0.1) is 0 Å². The number of carbonyl (C=O) groups is 1. The molecule has 0 saturated heterocycles. The molecule has 0 saturated carbocycles. The number of benzene rings is 1. The van der Waals surface area contributed by atoms with Crippen LogP contribution in [0.15, 0.2) is 65.8 Å². The van der Waals surface area contributed by atoms with Crippen molar-refractivity contribution in [1.29, 1.82) is 0 Å². The molecule has 2 aromatic rings. The Morgan fingerprint density at radius 1 is 1.29 bits per heavy atom. The second-order valence-electron chi connectivity index (χ2n) is 4.76. The van der Waals surface area contributed by atoms with Gasteiger partial charge in [0.15, 0.2) is 0 Å². The molecular weight excluding hydrogens is 264 g/mol. The molecule has 0 radical (unpaired) electrons. The van der Waals surface area contributed by atoms with Crippen molar-refractivity contribution >= 4 is 17.7 Å². The van der Waals surface area contributed by atoms with Gasteiger partial charge >= 0.3 is 0 Å². The summed E-state index contributed by atoms with van der Waals surface area (Å²) in [6.07, 6.45) is 6.89. The molecule has 1 aliphatic rings. The summed E-state index contributed by atoms with van der Waals surface area (Å²) >= 11 is 0. The fourth-order valence-electron chi connectivity index (χ4n) is 2.37. The van der Waals surface area contributed by atoms with Crippen LogP contribution in [0.4, 0.5) is 5.69 Å². The van der Waals surface area contributed by atoms with Gasteiger partial charge in [0.1, 0.15) is 11.9 Å². The number of amides is 1. The molecule has 1 aromatic heterocycles. The Bertz CT molecular complexity index is 674. The first kappa shape index (κ1) is 13.2. The maximum atomic E-state index is 12.6. The van der Waals surface area contributed by atoms with Gasteiger partial charge in [-0.2, -0.15) is 0 Å². The van der Waals surface area contributed by atoms with Gasteiger partial charge in [-0.1, -0.05) is 18.2 Å². The summed E-state index contributed by atoms with van der Waals surface area (Å²) in [6, 6.07) is 11.2. The predicted octanol–water partition coefficient (Wildman–Crippen LogP) is 3.37. The van der Waals surface area contributed by atoms with Crippen molar-refractivity contribution in [2.45, 2.75) is 6.17 Å². The van der Waals surface area contributed by atoms with Gasteiger partial charge in [0, 0.05) is 12.2 Å². The standard InChI is InChI=1S/C17H16N2O2/c1-2-11-19-16(10-9-13-6-5-12-21-13)18-15-8-4-3-7-14(15)17(19)20/h2-10,12,16,18H,1,11H2/b10-9+/t16-/m0/s1. The number of rotatable bonds is 4. The number of carbonyl (C=O) groups excluding carboxylic acids is 1. The van der Waals surface area contributed by atoms with Crippen LogP contribution in [0.1, 0.15) is 16.1 Å². The van der Waals surface area contributed by atoms with Crippen molar-refractivity contribution in [2.24, 2.45) is 0 Å². The first-order valence-corrected chi connectivity index (χ1v) is 6.79. The van der Waals surface area contributed by atoms with Crippen molar-refractivity contribution in [3.05, 3.63) is 72.7 Å². The average Bonchev–Trinajstić information content (AvgIpc) is 3.02. The number of nitrogens with zero attached hydrogens (tertiary/aromatic N) is 1. The molecule has 0 spiro atoms. The Balaban J connectivity index is 1.91. The van der Waals surface area contributed by atoms with Gasteiger partial charge in [0.05, 0.1) is 11.8 Å². The number of nitrogens with one attached hydrogen (secondary N) is 1. The van der Waals surface area contributed by atoms with E-state index in [4.69, 9.17) is 4.42 Å². The average molecular weight is 280 g/mol. The summed E-state index contributed by atoms with van der Waals surface area (Å²) in [5, 5.41) is 3.35. The molecule has 0 bridgehead atoms.